The average molecular weight is 365 g/mol. The molecule has 9 nitrogen and oxygen atoms in total. The number of aryl methyl sites for hydroxylation is 1. The summed E-state index contributed by atoms with van der Waals surface area (Å²) in [4.78, 5) is 45.2. The molecule has 0 amide bonds. The first-order valence-corrected chi connectivity index (χ1v) is 8.99. The number of hydrogen-bond donors (Lipinski definition) is 1. The number of hydrogen-bond acceptors (Lipinski definition) is 6. The first kappa shape index (κ1) is 19.9. The van der Waals surface area contributed by atoms with E-state index in [1.807, 2.05) is 0 Å². The van der Waals surface area contributed by atoms with Gasteiger partial charge in [0.25, 0.3) is 5.56 Å². The number of aromatic amines is 1. The van der Waals surface area contributed by atoms with Crippen LogP contribution in [0.5, 0.6) is 0 Å². The third-order valence-corrected chi connectivity index (χ3v) is 4.32. The third kappa shape index (κ3) is 4.21. The van der Waals surface area contributed by atoms with Crippen molar-refractivity contribution in [2.45, 2.75) is 46.7 Å². The van der Waals surface area contributed by atoms with Crippen LogP contribution in [0, 0.1) is 0 Å². The molecule has 26 heavy (non-hydrogen) atoms. The molecule has 0 fully saturated rings. The number of carbonyl (C=O) groups excluding carboxylic acids is 1. The highest BCUT2D eigenvalue weighted by molar-refractivity contribution is 5.75. The molecule has 2 heterocycles. The van der Waals surface area contributed by atoms with E-state index in [0.29, 0.717) is 12.4 Å². The Kier molecular flexibility index (Phi) is 6.73. The molecular formula is C17H27N5O4. The number of nitrogens with zero attached hydrogens (tertiary/aromatic N) is 4. The Labute approximate surface area is 151 Å². The molecule has 0 aliphatic heterocycles. The number of carbonyl (C=O) groups is 1. The summed E-state index contributed by atoms with van der Waals surface area (Å²) in [5.74, 6) is 0.121. The number of ether oxygens (including phenoxy) is 1. The summed E-state index contributed by atoms with van der Waals surface area (Å²) >= 11 is 0. The molecule has 0 spiro atoms. The molecule has 0 aromatic carbocycles. The summed E-state index contributed by atoms with van der Waals surface area (Å²) < 4.78 is 7.86. The molecule has 0 aliphatic carbocycles. The molecule has 0 atom stereocenters. The number of imidazole rings is 1. The smallest absolute Gasteiger partial charge is 0.329 e. The lowest BCUT2D eigenvalue weighted by Gasteiger charge is -2.20. The molecular weight excluding hydrogens is 338 g/mol. The Morgan fingerprint density at radius 2 is 2.00 bits per heavy atom. The van der Waals surface area contributed by atoms with Gasteiger partial charge in [-0.25, -0.2) is 9.78 Å². The van der Waals surface area contributed by atoms with Crippen molar-refractivity contribution in [3.63, 3.8) is 0 Å². The largest absolute Gasteiger partial charge is 0.465 e. The fourth-order valence-corrected chi connectivity index (χ4v) is 2.84. The molecule has 144 valence electrons. The standard InChI is InChI=1S/C17H27N5O4/c1-5-8-9-21(6-2)10-12-18-15-14(16(24)19-17(25)20(15)4)22(12)11-13(23)26-7-3/h5-11H2,1-4H3,(H,19,24,25). The fourth-order valence-electron chi connectivity index (χ4n) is 2.84. The van der Waals surface area contributed by atoms with E-state index in [-0.39, 0.29) is 24.3 Å². The van der Waals surface area contributed by atoms with Crippen LogP contribution in [-0.4, -0.2) is 49.7 Å². The number of esters is 1. The van der Waals surface area contributed by atoms with Crippen LogP contribution in [0.2, 0.25) is 0 Å². The molecule has 0 radical (unpaired) electrons. The van der Waals surface area contributed by atoms with Gasteiger partial charge in [0.1, 0.15) is 12.4 Å². The van der Waals surface area contributed by atoms with Crippen LogP contribution in [-0.2, 0) is 29.7 Å². The molecule has 2 aromatic rings. The second-order valence-corrected chi connectivity index (χ2v) is 6.13. The zero-order valence-corrected chi connectivity index (χ0v) is 15.9. The minimum Gasteiger partial charge on any atom is -0.465 e. The van der Waals surface area contributed by atoms with Gasteiger partial charge in [0.05, 0.1) is 13.2 Å². The van der Waals surface area contributed by atoms with Crippen molar-refractivity contribution in [1.82, 2.24) is 24.0 Å². The summed E-state index contributed by atoms with van der Waals surface area (Å²) in [6, 6.07) is 0. The molecule has 0 aliphatic rings. The van der Waals surface area contributed by atoms with Gasteiger partial charge in [-0.2, -0.15) is 0 Å². The number of H-pyrrole nitrogens is 1. The molecule has 0 saturated heterocycles. The Hall–Kier alpha value is -2.42. The van der Waals surface area contributed by atoms with Gasteiger partial charge in [0.15, 0.2) is 11.2 Å². The highest BCUT2D eigenvalue weighted by atomic mass is 16.5. The van der Waals surface area contributed by atoms with Gasteiger partial charge >= 0.3 is 11.7 Å². The Morgan fingerprint density at radius 1 is 1.27 bits per heavy atom. The Balaban J connectivity index is 2.54. The number of fused-ring (bicyclic) bond motifs is 1. The van der Waals surface area contributed by atoms with Crippen LogP contribution < -0.4 is 11.2 Å². The van der Waals surface area contributed by atoms with Crippen molar-refractivity contribution in [1.29, 1.82) is 0 Å². The first-order chi connectivity index (χ1) is 12.4. The van der Waals surface area contributed by atoms with Gasteiger partial charge in [-0.1, -0.05) is 20.3 Å². The molecule has 0 bridgehead atoms. The highest BCUT2D eigenvalue weighted by Gasteiger charge is 2.20. The lowest BCUT2D eigenvalue weighted by molar-refractivity contribution is -0.143. The molecule has 0 saturated carbocycles. The minimum absolute atomic E-state index is 0.119. The van der Waals surface area contributed by atoms with Crippen LogP contribution in [0.25, 0.3) is 11.2 Å². The molecule has 9 heteroatoms. The lowest BCUT2D eigenvalue weighted by atomic mass is 10.3. The maximum Gasteiger partial charge on any atom is 0.329 e. The fraction of sp³-hybridized carbons (Fsp3) is 0.647. The van der Waals surface area contributed by atoms with Crippen LogP contribution >= 0.6 is 0 Å². The van der Waals surface area contributed by atoms with Crippen LogP contribution in [0.1, 0.15) is 39.4 Å². The predicted molar refractivity (Wildman–Crippen MR) is 98.1 cm³/mol. The average Bonchev–Trinajstić information content (AvgIpc) is 2.95. The number of nitrogens with one attached hydrogen (secondary N) is 1. The van der Waals surface area contributed by atoms with E-state index < -0.39 is 17.2 Å². The number of rotatable bonds is 9. The first-order valence-electron chi connectivity index (χ1n) is 8.99. The highest BCUT2D eigenvalue weighted by Crippen LogP contribution is 2.14. The summed E-state index contributed by atoms with van der Waals surface area (Å²) in [6.07, 6.45) is 2.12. The maximum absolute atomic E-state index is 12.4. The molecule has 0 unspecified atom stereocenters. The van der Waals surface area contributed by atoms with Crippen molar-refractivity contribution in [3.8, 4) is 0 Å². The van der Waals surface area contributed by atoms with E-state index >= 15 is 0 Å². The summed E-state index contributed by atoms with van der Waals surface area (Å²) in [5, 5.41) is 0. The Bertz CT molecular complexity index is 880. The van der Waals surface area contributed by atoms with Gasteiger partial charge in [0.2, 0.25) is 0 Å². The number of aromatic nitrogens is 4. The quantitative estimate of drug-likeness (QED) is 0.653. The summed E-state index contributed by atoms with van der Waals surface area (Å²) in [7, 11) is 1.54. The molecule has 1 N–H and O–H groups in total. The monoisotopic (exact) mass is 365 g/mol. The summed E-state index contributed by atoms with van der Waals surface area (Å²) in [5.41, 5.74) is -0.609. The van der Waals surface area contributed by atoms with Gasteiger partial charge in [-0.05, 0) is 26.4 Å². The molecule has 2 aromatic heterocycles. The van der Waals surface area contributed by atoms with Crippen molar-refractivity contribution in [2.75, 3.05) is 19.7 Å². The van der Waals surface area contributed by atoms with Crippen molar-refractivity contribution in [2.24, 2.45) is 7.05 Å². The van der Waals surface area contributed by atoms with E-state index in [1.54, 1.807) is 18.5 Å². The predicted octanol–water partition coefficient (Wildman–Crippen LogP) is 0.608. The van der Waals surface area contributed by atoms with E-state index in [9.17, 15) is 14.4 Å². The van der Waals surface area contributed by atoms with E-state index in [0.717, 1.165) is 25.9 Å². The van der Waals surface area contributed by atoms with Gasteiger partial charge < -0.3 is 9.30 Å². The van der Waals surface area contributed by atoms with E-state index in [2.05, 4.69) is 28.7 Å². The number of unbranched alkanes of at least 4 members (excludes halogenated alkanes) is 1. The minimum atomic E-state index is -0.553. The SMILES string of the molecule is CCCCN(CC)Cc1nc2c(c(=O)[nH]c(=O)n2C)n1CC(=O)OCC. The molecule has 2 rings (SSSR count). The van der Waals surface area contributed by atoms with E-state index in [4.69, 9.17) is 4.74 Å². The van der Waals surface area contributed by atoms with Gasteiger partial charge in [-0.3, -0.25) is 24.0 Å². The zero-order valence-electron chi connectivity index (χ0n) is 15.9. The van der Waals surface area contributed by atoms with Crippen molar-refractivity contribution < 1.29 is 9.53 Å². The van der Waals surface area contributed by atoms with Crippen LogP contribution in [0.4, 0.5) is 0 Å². The topological polar surface area (TPSA) is 102 Å². The van der Waals surface area contributed by atoms with Crippen LogP contribution in [0.15, 0.2) is 9.59 Å². The Morgan fingerprint density at radius 3 is 2.62 bits per heavy atom. The lowest BCUT2D eigenvalue weighted by Crippen LogP contribution is -2.30. The second-order valence-electron chi connectivity index (χ2n) is 6.13. The summed E-state index contributed by atoms with van der Waals surface area (Å²) in [6.45, 7) is 8.24. The van der Waals surface area contributed by atoms with Crippen LogP contribution in [0.3, 0.4) is 0 Å². The van der Waals surface area contributed by atoms with Crippen molar-refractivity contribution in [3.05, 3.63) is 26.7 Å². The maximum atomic E-state index is 12.4. The normalized spacial score (nSPS) is 11.4. The third-order valence-electron chi connectivity index (χ3n) is 4.32. The zero-order chi connectivity index (χ0) is 19.3. The van der Waals surface area contributed by atoms with Crippen molar-refractivity contribution >= 4 is 17.1 Å². The van der Waals surface area contributed by atoms with Gasteiger partial charge in [0, 0.05) is 7.05 Å². The second kappa shape index (κ2) is 8.79. The van der Waals surface area contributed by atoms with Gasteiger partial charge in [-0.15, -0.1) is 0 Å². The van der Waals surface area contributed by atoms with E-state index in [1.165, 1.54) is 4.57 Å².